The maximum Gasteiger partial charge on any atom is 0.272 e. The van der Waals surface area contributed by atoms with Gasteiger partial charge in [0.15, 0.2) is 5.69 Å². The first-order chi connectivity index (χ1) is 13.8. The molecule has 28 heavy (non-hydrogen) atoms. The molecule has 0 saturated heterocycles. The molecule has 0 spiro atoms. The molecule has 0 bridgehead atoms. The normalized spacial score (nSPS) is 17.9. The van der Waals surface area contributed by atoms with Crippen LogP contribution in [0.15, 0.2) is 54.6 Å². The Kier molecular flexibility index (Phi) is 4.35. The number of rotatable bonds is 3. The average Bonchev–Trinajstić information content (AvgIpc) is 3.14. The zero-order chi connectivity index (χ0) is 18.9. The quantitative estimate of drug-likeness (QED) is 0.763. The topological polar surface area (TPSA) is 56.1 Å². The second-order valence-corrected chi connectivity index (χ2v) is 7.49. The molecule has 2 aliphatic heterocycles. The monoisotopic (exact) mass is 373 g/mol. The van der Waals surface area contributed by atoms with Crippen LogP contribution in [-0.4, -0.2) is 28.1 Å². The van der Waals surface area contributed by atoms with Crippen LogP contribution in [-0.2, 0) is 19.4 Å². The third kappa shape index (κ3) is 3.07. The van der Waals surface area contributed by atoms with Gasteiger partial charge in [0.05, 0.1) is 11.7 Å². The summed E-state index contributed by atoms with van der Waals surface area (Å²) in [6.07, 6.45) is 3.94. The molecular weight excluding hydrogens is 350 g/mol. The van der Waals surface area contributed by atoms with Crippen molar-refractivity contribution in [1.29, 1.82) is 0 Å². The lowest BCUT2D eigenvalue weighted by molar-refractivity contribution is 0.0911. The van der Waals surface area contributed by atoms with Gasteiger partial charge in [-0.2, -0.15) is 0 Å². The lowest BCUT2D eigenvalue weighted by Gasteiger charge is -2.26. The number of nitrogens with zero attached hydrogens (tertiary/aromatic N) is 2. The molecule has 0 aliphatic carbocycles. The molecule has 1 aromatic heterocycles. The van der Waals surface area contributed by atoms with Gasteiger partial charge in [-0.1, -0.05) is 48.5 Å². The van der Waals surface area contributed by atoms with E-state index in [0.717, 1.165) is 60.6 Å². The first-order valence-electron chi connectivity index (χ1n) is 9.96. The van der Waals surface area contributed by atoms with Gasteiger partial charge in [0.25, 0.3) is 5.91 Å². The van der Waals surface area contributed by atoms with Gasteiger partial charge >= 0.3 is 0 Å². The summed E-state index contributed by atoms with van der Waals surface area (Å²) in [6, 6.07) is 18.1. The number of hydrogen-bond donors (Lipinski definition) is 1. The van der Waals surface area contributed by atoms with E-state index in [1.165, 1.54) is 0 Å². The highest BCUT2D eigenvalue weighted by molar-refractivity contribution is 5.98. The van der Waals surface area contributed by atoms with E-state index in [9.17, 15) is 4.79 Å². The van der Waals surface area contributed by atoms with Crippen LogP contribution in [0.2, 0.25) is 0 Å². The standard InChI is InChI=1S/C23H23N3O2/c27-23(24-18-14-17-10-4-5-11-19(17)28-15-18)21-22(16-8-2-1-3-9-16)26-13-7-6-12-20(26)25-21/h1-5,8-11,18H,6-7,12-15H2,(H,24,27). The summed E-state index contributed by atoms with van der Waals surface area (Å²) >= 11 is 0. The maximum absolute atomic E-state index is 13.2. The summed E-state index contributed by atoms with van der Waals surface area (Å²) in [5.74, 6) is 1.81. The summed E-state index contributed by atoms with van der Waals surface area (Å²) in [5, 5.41) is 3.16. The van der Waals surface area contributed by atoms with Crippen molar-refractivity contribution in [3.8, 4) is 17.0 Å². The molecule has 1 atom stereocenters. The molecular formula is C23H23N3O2. The fraction of sp³-hybridized carbons (Fsp3) is 0.304. The summed E-state index contributed by atoms with van der Waals surface area (Å²) in [6.45, 7) is 1.40. The Balaban J connectivity index is 1.45. The van der Waals surface area contributed by atoms with Crippen molar-refractivity contribution in [3.63, 3.8) is 0 Å². The van der Waals surface area contributed by atoms with Crippen LogP contribution in [0.1, 0.15) is 34.7 Å². The van der Waals surface area contributed by atoms with E-state index >= 15 is 0 Å². The first kappa shape index (κ1) is 17.0. The number of imidazole rings is 1. The minimum atomic E-state index is -0.117. The molecule has 0 saturated carbocycles. The number of ether oxygens (including phenoxy) is 1. The van der Waals surface area contributed by atoms with Gasteiger partial charge in [0.2, 0.25) is 0 Å². The lowest BCUT2D eigenvalue weighted by Crippen LogP contribution is -2.43. The predicted octanol–water partition coefficient (Wildman–Crippen LogP) is 3.62. The first-order valence-corrected chi connectivity index (χ1v) is 9.96. The minimum Gasteiger partial charge on any atom is -0.491 e. The zero-order valence-electron chi connectivity index (χ0n) is 15.7. The van der Waals surface area contributed by atoms with Crippen LogP contribution >= 0.6 is 0 Å². The van der Waals surface area contributed by atoms with Crippen LogP contribution < -0.4 is 10.1 Å². The van der Waals surface area contributed by atoms with E-state index in [2.05, 4.69) is 28.1 Å². The Morgan fingerprint density at radius 3 is 2.79 bits per heavy atom. The molecule has 5 nitrogen and oxygen atoms in total. The predicted molar refractivity (Wildman–Crippen MR) is 107 cm³/mol. The van der Waals surface area contributed by atoms with Gasteiger partial charge < -0.3 is 14.6 Å². The van der Waals surface area contributed by atoms with Crippen LogP contribution in [0.4, 0.5) is 0 Å². The third-order valence-electron chi connectivity index (χ3n) is 5.56. The van der Waals surface area contributed by atoms with Crippen LogP contribution in [0, 0.1) is 0 Å². The van der Waals surface area contributed by atoms with Gasteiger partial charge in [0, 0.05) is 18.5 Å². The van der Waals surface area contributed by atoms with E-state index < -0.39 is 0 Å². The number of carbonyl (C=O) groups is 1. The Bertz CT molecular complexity index is 1010. The van der Waals surface area contributed by atoms with Crippen molar-refractivity contribution in [1.82, 2.24) is 14.9 Å². The highest BCUT2D eigenvalue weighted by Crippen LogP contribution is 2.29. The summed E-state index contributed by atoms with van der Waals surface area (Å²) < 4.78 is 8.05. The van der Waals surface area contributed by atoms with E-state index in [4.69, 9.17) is 9.72 Å². The van der Waals surface area contributed by atoms with Crippen molar-refractivity contribution in [2.24, 2.45) is 0 Å². The van der Waals surface area contributed by atoms with E-state index in [-0.39, 0.29) is 11.9 Å². The molecule has 2 aromatic carbocycles. The van der Waals surface area contributed by atoms with E-state index in [1.807, 2.05) is 36.4 Å². The van der Waals surface area contributed by atoms with Crippen molar-refractivity contribution in [2.45, 2.75) is 38.3 Å². The molecule has 142 valence electrons. The lowest BCUT2D eigenvalue weighted by atomic mass is 10.0. The molecule has 5 rings (SSSR count). The number of nitrogens with one attached hydrogen (secondary N) is 1. The molecule has 3 aromatic rings. The number of aryl methyl sites for hydroxylation is 1. The zero-order valence-corrected chi connectivity index (χ0v) is 15.7. The Morgan fingerprint density at radius 1 is 1.07 bits per heavy atom. The highest BCUT2D eigenvalue weighted by Gasteiger charge is 2.28. The average molecular weight is 373 g/mol. The summed E-state index contributed by atoms with van der Waals surface area (Å²) in [4.78, 5) is 17.9. The number of carbonyl (C=O) groups excluding carboxylic acids is 1. The molecule has 1 amide bonds. The Morgan fingerprint density at radius 2 is 1.89 bits per heavy atom. The third-order valence-corrected chi connectivity index (χ3v) is 5.56. The smallest absolute Gasteiger partial charge is 0.272 e. The van der Waals surface area contributed by atoms with Crippen molar-refractivity contribution >= 4 is 5.91 Å². The van der Waals surface area contributed by atoms with Crippen LogP contribution in [0.5, 0.6) is 5.75 Å². The van der Waals surface area contributed by atoms with Crippen molar-refractivity contribution in [2.75, 3.05) is 6.61 Å². The van der Waals surface area contributed by atoms with Crippen molar-refractivity contribution in [3.05, 3.63) is 71.7 Å². The molecule has 2 aliphatic rings. The second-order valence-electron chi connectivity index (χ2n) is 7.49. The molecule has 0 fully saturated rings. The van der Waals surface area contributed by atoms with Crippen LogP contribution in [0.25, 0.3) is 11.3 Å². The Hall–Kier alpha value is -3.08. The number of para-hydroxylation sites is 1. The Labute approximate surface area is 164 Å². The summed E-state index contributed by atoms with van der Waals surface area (Å²) in [7, 11) is 0. The van der Waals surface area contributed by atoms with E-state index in [0.29, 0.717) is 12.3 Å². The van der Waals surface area contributed by atoms with Gasteiger partial charge in [0.1, 0.15) is 18.2 Å². The number of aromatic nitrogens is 2. The van der Waals surface area contributed by atoms with Gasteiger partial charge in [-0.15, -0.1) is 0 Å². The van der Waals surface area contributed by atoms with E-state index in [1.54, 1.807) is 0 Å². The highest BCUT2D eigenvalue weighted by atomic mass is 16.5. The number of fused-ring (bicyclic) bond motifs is 2. The van der Waals surface area contributed by atoms with Gasteiger partial charge in [-0.3, -0.25) is 4.79 Å². The SMILES string of the molecule is O=C(NC1COc2ccccc2C1)c1nc2n(c1-c1ccccc1)CCCC2. The molecule has 5 heteroatoms. The molecule has 0 radical (unpaired) electrons. The number of benzene rings is 2. The van der Waals surface area contributed by atoms with Gasteiger partial charge in [-0.25, -0.2) is 4.98 Å². The van der Waals surface area contributed by atoms with Gasteiger partial charge in [-0.05, 0) is 30.9 Å². The fourth-order valence-corrected chi connectivity index (χ4v) is 4.21. The molecule has 3 heterocycles. The summed E-state index contributed by atoms with van der Waals surface area (Å²) in [5.41, 5.74) is 3.64. The van der Waals surface area contributed by atoms with Crippen LogP contribution in [0.3, 0.4) is 0 Å². The molecule has 1 N–H and O–H groups in total. The molecule has 1 unspecified atom stereocenters. The minimum absolute atomic E-state index is 0.0512. The largest absolute Gasteiger partial charge is 0.491 e. The fourth-order valence-electron chi connectivity index (χ4n) is 4.21. The number of amides is 1. The van der Waals surface area contributed by atoms with Crippen molar-refractivity contribution < 1.29 is 9.53 Å². The second kappa shape index (κ2) is 7.15. The maximum atomic E-state index is 13.2. The number of hydrogen-bond acceptors (Lipinski definition) is 3.